The Kier molecular flexibility index (Phi) is 27.8. The van der Waals surface area contributed by atoms with E-state index in [1.165, 1.54) is 12.2 Å². The molecule has 0 radical (unpaired) electrons. The van der Waals surface area contributed by atoms with Gasteiger partial charge in [-0.15, -0.1) is 6.01 Å². The van der Waals surface area contributed by atoms with Gasteiger partial charge < -0.3 is 19.5 Å². The van der Waals surface area contributed by atoms with Gasteiger partial charge in [-0.05, 0) is 25.0 Å². The van der Waals surface area contributed by atoms with Crippen LogP contribution in [-0.4, -0.2) is 56.9 Å². The van der Waals surface area contributed by atoms with Crippen molar-refractivity contribution in [2.24, 2.45) is 4.99 Å². The van der Waals surface area contributed by atoms with E-state index >= 15 is 0 Å². The van der Waals surface area contributed by atoms with Gasteiger partial charge in [0.1, 0.15) is 13.1 Å². The van der Waals surface area contributed by atoms with Gasteiger partial charge in [0.15, 0.2) is 0 Å². The molecule has 3 atom stereocenters. The zero-order valence-electron chi connectivity index (χ0n) is 11.7. The van der Waals surface area contributed by atoms with Crippen molar-refractivity contribution in [3.63, 3.8) is 0 Å². The minimum Gasteiger partial charge on any atom is -0.748 e. The molecular formula is C8H21N5O5S2. The van der Waals surface area contributed by atoms with Gasteiger partial charge in [-0.3, -0.25) is 0 Å². The molecule has 0 amide bonds. The van der Waals surface area contributed by atoms with Crippen molar-refractivity contribution in [3.05, 3.63) is 5.41 Å². The molecule has 0 saturated carbocycles. The molecule has 0 rings (SSSR count). The molecule has 0 aliphatic rings. The second kappa shape index (κ2) is 20.3. The molecule has 0 spiro atoms. The number of rotatable bonds is 2. The minimum atomic E-state index is -4.08. The van der Waals surface area contributed by atoms with Crippen LogP contribution in [0.4, 0.5) is 0 Å². The molecule has 0 fully saturated rings. The maximum atomic E-state index is 9.00. The van der Waals surface area contributed by atoms with E-state index in [9.17, 15) is 0 Å². The summed E-state index contributed by atoms with van der Waals surface area (Å²) in [5, 5.41) is 32.4. The zero-order chi connectivity index (χ0) is 17.2. The number of hydroxylamine groups is 4. The summed E-state index contributed by atoms with van der Waals surface area (Å²) in [6.45, 7) is 5.38. The Morgan fingerprint density at radius 3 is 1.55 bits per heavy atom. The van der Waals surface area contributed by atoms with Crippen LogP contribution in [0.5, 0.6) is 0 Å². The smallest absolute Gasteiger partial charge is 0.104 e. The molecule has 12 heteroatoms. The van der Waals surface area contributed by atoms with Crippen LogP contribution in [0.25, 0.3) is 5.41 Å². The zero-order valence-corrected chi connectivity index (χ0v) is 13.4. The summed E-state index contributed by atoms with van der Waals surface area (Å²) >= 11 is 3.35. The van der Waals surface area contributed by atoms with E-state index in [-0.39, 0.29) is 0 Å². The van der Waals surface area contributed by atoms with Gasteiger partial charge >= 0.3 is 0 Å². The summed E-state index contributed by atoms with van der Waals surface area (Å²) in [7, 11) is -0.694. The maximum absolute atomic E-state index is 9.00. The van der Waals surface area contributed by atoms with Crippen LogP contribution in [0.15, 0.2) is 4.99 Å². The lowest BCUT2D eigenvalue weighted by molar-refractivity contribution is -1.07. The predicted octanol–water partition coefficient (Wildman–Crippen LogP) is -2.63. The van der Waals surface area contributed by atoms with Gasteiger partial charge in [0.25, 0.3) is 0 Å². The number of nitriles is 1. The standard InChI is InChI=1S/2C3H9NO.C2N3.H2O3S2/c2*1-3-4(2)5;3-1-5-2-4;1-5(2,3)4/h2*5H,3H2,1-2H3;;(H2,1,2,3,4)/q;;-1;/p+1. The summed E-state index contributed by atoms with van der Waals surface area (Å²) < 4.78 is 25.3. The summed E-state index contributed by atoms with van der Waals surface area (Å²) in [5.41, 5.74) is 0. The second-order valence-electron chi connectivity index (χ2n) is 2.92. The molecule has 0 aromatic rings. The molecule has 0 saturated heterocycles. The van der Waals surface area contributed by atoms with E-state index in [1.54, 1.807) is 14.1 Å². The third-order valence-corrected chi connectivity index (χ3v) is 1.12. The molecule has 0 aliphatic heterocycles. The fourth-order valence-electron chi connectivity index (χ4n) is 0.0224. The summed E-state index contributed by atoms with van der Waals surface area (Å²) in [6, 6.07) is 1.28. The Bertz CT molecular complexity index is 357. The SMILES string of the molecule is CC[NH+](C)O.CC[NH+](C)O.N#CN=C=[N-].O=S([O-])(O)=S. The van der Waals surface area contributed by atoms with Crippen molar-refractivity contribution < 1.29 is 33.9 Å². The largest absolute Gasteiger partial charge is 0.748 e. The molecule has 0 aromatic heterocycles. The fraction of sp³-hybridized carbons (Fsp3) is 0.750. The van der Waals surface area contributed by atoms with Crippen LogP contribution < -0.4 is 10.1 Å². The summed E-state index contributed by atoms with van der Waals surface area (Å²) in [6.07, 6.45) is 1.28. The molecular weight excluding hydrogens is 310 g/mol. The number of nitrogens with zero attached hydrogens (tertiary/aromatic N) is 3. The average Bonchev–Trinajstić information content (AvgIpc) is 2.29. The van der Waals surface area contributed by atoms with Gasteiger partial charge in [-0.2, -0.15) is 15.4 Å². The van der Waals surface area contributed by atoms with Crippen LogP contribution in [0.1, 0.15) is 13.8 Å². The van der Waals surface area contributed by atoms with E-state index in [4.69, 9.17) is 34.4 Å². The van der Waals surface area contributed by atoms with Crippen molar-refractivity contribution in [1.29, 1.82) is 5.26 Å². The molecule has 3 unspecified atom stereocenters. The Balaban J connectivity index is -0.0000000853. The lowest BCUT2D eigenvalue weighted by Crippen LogP contribution is -3.06. The average molecular weight is 331 g/mol. The number of hydrogen-bond acceptors (Lipinski definition) is 7. The molecule has 0 heterocycles. The number of aliphatic imine (C=N–C) groups is 1. The molecule has 0 bridgehead atoms. The Morgan fingerprint density at radius 1 is 1.35 bits per heavy atom. The van der Waals surface area contributed by atoms with Crippen molar-refractivity contribution in [3.8, 4) is 6.19 Å². The van der Waals surface area contributed by atoms with Crippen LogP contribution in [0, 0.1) is 11.5 Å². The van der Waals surface area contributed by atoms with E-state index in [0.717, 1.165) is 13.1 Å². The third-order valence-electron chi connectivity index (χ3n) is 1.12. The van der Waals surface area contributed by atoms with Crippen LogP contribution >= 0.6 is 0 Å². The number of quaternary nitrogens is 2. The normalized spacial score (nSPS) is 13.8. The van der Waals surface area contributed by atoms with E-state index < -0.39 is 9.05 Å². The molecule has 5 N–H and O–H groups in total. The Morgan fingerprint density at radius 2 is 1.55 bits per heavy atom. The second-order valence-corrected chi connectivity index (χ2v) is 5.04. The maximum Gasteiger partial charge on any atom is 0.104 e. The van der Waals surface area contributed by atoms with Gasteiger partial charge in [0.2, 0.25) is 0 Å². The first-order valence-corrected chi connectivity index (χ1v) is 7.51. The molecule has 20 heavy (non-hydrogen) atoms. The van der Waals surface area contributed by atoms with Gasteiger partial charge in [0.05, 0.1) is 29.3 Å². The van der Waals surface area contributed by atoms with Gasteiger partial charge in [-0.25, -0.2) is 14.6 Å². The van der Waals surface area contributed by atoms with E-state index in [1.807, 2.05) is 13.8 Å². The van der Waals surface area contributed by atoms with E-state index in [0.29, 0.717) is 10.1 Å². The Hall–Kier alpha value is -1.000. The monoisotopic (exact) mass is 331 g/mol. The Labute approximate surface area is 123 Å². The first-order chi connectivity index (χ1) is 8.95. The topological polar surface area (TPSA) is 168 Å². The summed E-state index contributed by atoms with van der Waals surface area (Å²) in [4.78, 5) is 2.58. The summed E-state index contributed by atoms with van der Waals surface area (Å²) in [5.74, 6) is 0. The predicted molar refractivity (Wildman–Crippen MR) is 73.7 cm³/mol. The lowest BCUT2D eigenvalue weighted by atomic mass is 10.8. The highest BCUT2D eigenvalue weighted by atomic mass is 32.9. The molecule has 10 nitrogen and oxygen atoms in total. The fourth-order valence-corrected chi connectivity index (χ4v) is 0.0224. The van der Waals surface area contributed by atoms with Crippen LogP contribution in [0.3, 0.4) is 0 Å². The number of nitrogens with one attached hydrogen (secondary N) is 2. The highest BCUT2D eigenvalue weighted by Crippen LogP contribution is 1.61. The van der Waals surface area contributed by atoms with Crippen molar-refractivity contribution in [1.82, 2.24) is 0 Å². The van der Waals surface area contributed by atoms with Gasteiger partial charge in [0, 0.05) is 0 Å². The first-order valence-electron chi connectivity index (χ1n) is 5.15. The van der Waals surface area contributed by atoms with Gasteiger partial charge in [-0.1, -0.05) is 0 Å². The van der Waals surface area contributed by atoms with Crippen LogP contribution in [-0.2, 0) is 20.2 Å². The van der Waals surface area contributed by atoms with Crippen molar-refractivity contribution in [2.75, 3.05) is 27.2 Å². The molecule has 0 aliphatic carbocycles. The lowest BCUT2D eigenvalue weighted by Gasteiger charge is -1.93. The van der Waals surface area contributed by atoms with Crippen molar-refractivity contribution in [2.45, 2.75) is 13.8 Å². The van der Waals surface area contributed by atoms with Crippen molar-refractivity contribution >= 4 is 26.3 Å². The highest BCUT2D eigenvalue weighted by molar-refractivity contribution is 8.26. The van der Waals surface area contributed by atoms with E-state index in [2.05, 4.69) is 16.2 Å². The third kappa shape index (κ3) is 174. The molecule has 0 aromatic carbocycles. The minimum absolute atomic E-state index is 0.505. The quantitative estimate of drug-likeness (QED) is 0.209. The van der Waals surface area contributed by atoms with Crippen LogP contribution in [0.2, 0.25) is 0 Å². The number of hydrogen-bond donors (Lipinski definition) is 5. The molecule has 120 valence electrons. The first kappa shape index (κ1) is 27.4. The highest BCUT2D eigenvalue weighted by Gasteiger charge is 1.79.